The Kier molecular flexibility index (Phi) is 6.51. The van der Waals surface area contributed by atoms with Crippen LogP contribution in [0.15, 0.2) is 0 Å². The van der Waals surface area contributed by atoms with Gasteiger partial charge in [0.2, 0.25) is 10.0 Å². The van der Waals surface area contributed by atoms with Crippen molar-refractivity contribution in [1.29, 1.82) is 0 Å². The van der Waals surface area contributed by atoms with Gasteiger partial charge in [-0.1, -0.05) is 20.8 Å². The predicted octanol–water partition coefficient (Wildman–Crippen LogP) is 1.77. The maximum Gasteiger partial charge on any atom is 0.211 e. The van der Waals surface area contributed by atoms with Gasteiger partial charge in [0.05, 0.1) is 12.4 Å². The predicted molar refractivity (Wildman–Crippen MR) is 66.9 cm³/mol. The molecule has 0 aliphatic carbocycles. The van der Waals surface area contributed by atoms with E-state index in [1.54, 1.807) is 0 Å². The normalized spacial score (nSPS) is 13.4. The largest absolute Gasteiger partial charge is 0.381 e. The molecular formula is C11H25NO3S. The molecule has 5 heteroatoms. The fraction of sp³-hybridized carbons (Fsp3) is 1.00. The summed E-state index contributed by atoms with van der Waals surface area (Å²) in [4.78, 5) is 0. The number of nitrogens with one attached hydrogen (secondary N) is 1. The Bertz CT molecular complexity index is 278. The van der Waals surface area contributed by atoms with Gasteiger partial charge in [-0.05, 0) is 25.7 Å². The van der Waals surface area contributed by atoms with Gasteiger partial charge in [-0.25, -0.2) is 13.1 Å². The second kappa shape index (κ2) is 6.57. The van der Waals surface area contributed by atoms with E-state index in [0.29, 0.717) is 19.6 Å². The zero-order chi connectivity index (χ0) is 12.8. The maximum absolute atomic E-state index is 11.4. The highest BCUT2D eigenvalue weighted by Crippen LogP contribution is 2.12. The average Bonchev–Trinajstić information content (AvgIpc) is 1.98. The molecule has 1 N–H and O–H groups in total. The maximum atomic E-state index is 11.4. The van der Waals surface area contributed by atoms with Crippen molar-refractivity contribution in [2.45, 2.75) is 47.1 Å². The van der Waals surface area contributed by atoms with Gasteiger partial charge >= 0.3 is 0 Å². The number of ether oxygens (including phenoxy) is 1. The van der Waals surface area contributed by atoms with Crippen LogP contribution < -0.4 is 4.72 Å². The van der Waals surface area contributed by atoms with E-state index in [1.165, 1.54) is 0 Å². The SMILES string of the molecule is CC(C)NS(=O)(=O)CCCOCC(C)(C)C. The molecule has 0 aliphatic heterocycles. The average molecular weight is 251 g/mol. The summed E-state index contributed by atoms with van der Waals surface area (Å²) >= 11 is 0. The third-order valence-corrected chi connectivity index (χ3v) is 3.31. The van der Waals surface area contributed by atoms with Crippen LogP contribution in [-0.4, -0.2) is 33.4 Å². The molecule has 0 bridgehead atoms. The Balaban J connectivity index is 3.67. The first-order chi connectivity index (χ1) is 7.12. The summed E-state index contributed by atoms with van der Waals surface area (Å²) in [6, 6.07) is -0.0412. The van der Waals surface area contributed by atoms with Gasteiger partial charge in [0.25, 0.3) is 0 Å². The van der Waals surface area contributed by atoms with Crippen molar-refractivity contribution in [1.82, 2.24) is 4.72 Å². The summed E-state index contributed by atoms with van der Waals surface area (Å²) in [7, 11) is -3.13. The lowest BCUT2D eigenvalue weighted by atomic mass is 9.99. The minimum absolute atomic E-state index is 0.0412. The van der Waals surface area contributed by atoms with Gasteiger partial charge in [-0.15, -0.1) is 0 Å². The van der Waals surface area contributed by atoms with E-state index in [2.05, 4.69) is 25.5 Å². The molecule has 0 unspecified atom stereocenters. The minimum Gasteiger partial charge on any atom is -0.381 e. The Hall–Kier alpha value is -0.130. The molecule has 0 saturated carbocycles. The van der Waals surface area contributed by atoms with E-state index in [0.717, 1.165) is 0 Å². The lowest BCUT2D eigenvalue weighted by Gasteiger charge is -2.18. The molecule has 0 radical (unpaired) electrons. The molecule has 4 nitrogen and oxygen atoms in total. The van der Waals surface area contributed by atoms with E-state index < -0.39 is 10.0 Å². The van der Waals surface area contributed by atoms with Crippen molar-refractivity contribution >= 4 is 10.0 Å². The molecule has 0 atom stereocenters. The smallest absolute Gasteiger partial charge is 0.211 e. The minimum atomic E-state index is -3.13. The van der Waals surface area contributed by atoms with Crippen LogP contribution in [0, 0.1) is 5.41 Å². The summed E-state index contributed by atoms with van der Waals surface area (Å²) in [5, 5.41) is 0. The molecule has 0 aromatic heterocycles. The summed E-state index contributed by atoms with van der Waals surface area (Å²) in [5.74, 6) is 0.134. The van der Waals surface area contributed by atoms with Crippen LogP contribution in [0.25, 0.3) is 0 Å². The highest BCUT2D eigenvalue weighted by Gasteiger charge is 2.12. The lowest BCUT2D eigenvalue weighted by molar-refractivity contribution is 0.0720. The zero-order valence-corrected chi connectivity index (χ0v) is 11.9. The van der Waals surface area contributed by atoms with E-state index in [9.17, 15) is 8.42 Å². The Morgan fingerprint density at radius 3 is 2.25 bits per heavy atom. The number of hydrogen-bond donors (Lipinski definition) is 1. The monoisotopic (exact) mass is 251 g/mol. The van der Waals surface area contributed by atoms with Crippen molar-refractivity contribution in [2.75, 3.05) is 19.0 Å². The van der Waals surface area contributed by atoms with Crippen LogP contribution in [0.3, 0.4) is 0 Å². The first kappa shape index (κ1) is 15.9. The number of hydrogen-bond acceptors (Lipinski definition) is 3. The molecule has 0 aromatic carbocycles. The first-order valence-electron chi connectivity index (χ1n) is 5.70. The Labute approximate surface area is 99.8 Å². The Morgan fingerprint density at radius 2 is 1.81 bits per heavy atom. The van der Waals surface area contributed by atoms with Crippen molar-refractivity contribution in [3.05, 3.63) is 0 Å². The molecule has 0 saturated heterocycles. The van der Waals surface area contributed by atoms with Gasteiger partial charge in [-0.2, -0.15) is 0 Å². The molecule has 0 aromatic rings. The van der Waals surface area contributed by atoms with Crippen LogP contribution >= 0.6 is 0 Å². The van der Waals surface area contributed by atoms with E-state index in [4.69, 9.17) is 4.74 Å². The van der Waals surface area contributed by atoms with Crippen LogP contribution in [0.4, 0.5) is 0 Å². The third-order valence-electron chi connectivity index (χ3n) is 1.65. The zero-order valence-electron chi connectivity index (χ0n) is 11.0. The van der Waals surface area contributed by atoms with Gasteiger partial charge in [-0.3, -0.25) is 0 Å². The second-order valence-corrected chi connectivity index (χ2v) is 7.43. The Morgan fingerprint density at radius 1 is 1.25 bits per heavy atom. The van der Waals surface area contributed by atoms with E-state index >= 15 is 0 Å². The molecule has 16 heavy (non-hydrogen) atoms. The second-order valence-electron chi connectivity index (χ2n) is 5.56. The molecular weight excluding hydrogens is 226 g/mol. The fourth-order valence-corrected chi connectivity index (χ4v) is 2.48. The van der Waals surface area contributed by atoms with Gasteiger partial charge in [0.15, 0.2) is 0 Å². The first-order valence-corrected chi connectivity index (χ1v) is 7.35. The van der Waals surface area contributed by atoms with Gasteiger partial charge in [0, 0.05) is 12.6 Å². The van der Waals surface area contributed by atoms with E-state index in [-0.39, 0.29) is 17.2 Å². The van der Waals surface area contributed by atoms with Crippen molar-refractivity contribution in [2.24, 2.45) is 5.41 Å². The third kappa shape index (κ3) is 10.4. The highest BCUT2D eigenvalue weighted by molar-refractivity contribution is 7.89. The van der Waals surface area contributed by atoms with Crippen LogP contribution in [0.1, 0.15) is 41.0 Å². The molecule has 0 rings (SSSR count). The molecule has 0 fully saturated rings. The lowest BCUT2D eigenvalue weighted by Crippen LogP contribution is -2.32. The van der Waals surface area contributed by atoms with Gasteiger partial charge in [0.1, 0.15) is 0 Å². The molecule has 0 aliphatic rings. The van der Waals surface area contributed by atoms with Gasteiger partial charge < -0.3 is 4.74 Å². The number of sulfonamides is 1. The van der Waals surface area contributed by atoms with Crippen molar-refractivity contribution < 1.29 is 13.2 Å². The van der Waals surface area contributed by atoms with Crippen LogP contribution in [0.5, 0.6) is 0 Å². The molecule has 0 spiro atoms. The van der Waals surface area contributed by atoms with Crippen molar-refractivity contribution in [3.63, 3.8) is 0 Å². The quantitative estimate of drug-likeness (QED) is 0.702. The standard InChI is InChI=1S/C11H25NO3S/c1-10(2)12-16(13,14)8-6-7-15-9-11(3,4)5/h10,12H,6-9H2,1-5H3. The summed E-state index contributed by atoms with van der Waals surface area (Å²) < 4.78 is 30.8. The van der Waals surface area contributed by atoms with E-state index in [1.807, 2.05) is 13.8 Å². The topological polar surface area (TPSA) is 55.4 Å². The van der Waals surface area contributed by atoms with Crippen LogP contribution in [0.2, 0.25) is 0 Å². The summed E-state index contributed by atoms with van der Waals surface area (Å²) in [6.07, 6.45) is 0.540. The van der Waals surface area contributed by atoms with Crippen LogP contribution in [-0.2, 0) is 14.8 Å². The summed E-state index contributed by atoms with van der Waals surface area (Å²) in [6.45, 7) is 11.0. The molecule has 98 valence electrons. The molecule has 0 amide bonds. The fourth-order valence-electron chi connectivity index (χ4n) is 1.15. The summed E-state index contributed by atoms with van der Waals surface area (Å²) in [5.41, 5.74) is 0.134. The highest BCUT2D eigenvalue weighted by atomic mass is 32.2. The number of rotatable bonds is 7. The van der Waals surface area contributed by atoms with Crippen molar-refractivity contribution in [3.8, 4) is 0 Å². The molecule has 0 heterocycles.